The molecule has 0 spiro atoms. The molecule has 1 N–H and O–H groups in total. The summed E-state index contributed by atoms with van der Waals surface area (Å²) in [6.07, 6.45) is 0.165. The van der Waals surface area contributed by atoms with Crippen molar-refractivity contribution in [3.8, 4) is 0 Å². The zero-order chi connectivity index (χ0) is 17.4. The van der Waals surface area contributed by atoms with Gasteiger partial charge in [0.05, 0.1) is 17.6 Å². The quantitative estimate of drug-likeness (QED) is 0.865. The Balaban J connectivity index is 2.28. The average Bonchev–Trinajstić information content (AvgIpc) is 2.59. The first-order chi connectivity index (χ1) is 10.5. The zero-order valence-electron chi connectivity index (χ0n) is 14.7. The molecule has 23 heavy (non-hydrogen) atoms. The molecule has 0 atom stereocenters. The van der Waals surface area contributed by atoms with Gasteiger partial charge in [0.25, 0.3) is 0 Å². The molecule has 0 aromatic heterocycles. The Kier molecular flexibility index (Phi) is 4.88. The van der Waals surface area contributed by atoms with Gasteiger partial charge >= 0.3 is 7.12 Å². The fraction of sp³-hybridized carbons (Fsp3) is 0.588. The van der Waals surface area contributed by atoms with E-state index < -0.39 is 18.3 Å². The van der Waals surface area contributed by atoms with E-state index in [0.717, 1.165) is 0 Å². The Morgan fingerprint density at radius 2 is 1.78 bits per heavy atom. The molecule has 1 aromatic carbocycles. The number of amides is 1. The molecule has 1 heterocycles. The highest BCUT2D eigenvalue weighted by Crippen LogP contribution is 2.36. The normalized spacial score (nSPS) is 19.2. The minimum absolute atomic E-state index is 0.0586. The zero-order valence-corrected chi connectivity index (χ0v) is 14.7. The summed E-state index contributed by atoms with van der Waals surface area (Å²) in [5, 5.41) is 2.84. The Bertz CT molecular complexity index is 586. The van der Waals surface area contributed by atoms with Crippen molar-refractivity contribution in [1.29, 1.82) is 0 Å². The molecule has 1 fully saturated rings. The number of hydrogen-bond acceptors (Lipinski definition) is 3. The van der Waals surface area contributed by atoms with Crippen molar-refractivity contribution in [3.63, 3.8) is 0 Å². The minimum atomic E-state index is -0.683. The molecule has 1 amide bonds. The van der Waals surface area contributed by atoms with E-state index in [9.17, 15) is 9.18 Å². The molecule has 1 aliphatic heterocycles. The summed E-state index contributed by atoms with van der Waals surface area (Å²) in [5.41, 5.74) is 0.258. The maximum absolute atomic E-state index is 13.7. The van der Waals surface area contributed by atoms with Gasteiger partial charge in [-0.15, -0.1) is 0 Å². The third-order valence-corrected chi connectivity index (χ3v) is 4.42. The summed E-state index contributed by atoms with van der Waals surface area (Å²) in [6.45, 7) is 11.6. The molecule has 0 saturated carbocycles. The summed E-state index contributed by atoms with van der Waals surface area (Å²) >= 11 is 0. The molecule has 0 aliphatic carbocycles. The summed E-state index contributed by atoms with van der Waals surface area (Å²) in [6, 6.07) is 4.42. The van der Waals surface area contributed by atoms with Crippen LogP contribution in [0.15, 0.2) is 18.2 Å². The predicted octanol–water partition coefficient (Wildman–Crippen LogP) is 2.19. The molecule has 0 unspecified atom stereocenters. The Morgan fingerprint density at radius 1 is 1.22 bits per heavy atom. The van der Waals surface area contributed by atoms with Gasteiger partial charge in [-0.2, -0.15) is 0 Å². The van der Waals surface area contributed by atoms with Gasteiger partial charge in [0.15, 0.2) is 0 Å². The third kappa shape index (κ3) is 3.93. The molecule has 6 heteroatoms. The van der Waals surface area contributed by atoms with Crippen LogP contribution in [0.3, 0.4) is 0 Å². The second-order valence-electron chi connectivity index (χ2n) is 7.33. The van der Waals surface area contributed by atoms with Gasteiger partial charge in [0.2, 0.25) is 5.91 Å². The summed E-state index contributed by atoms with van der Waals surface area (Å²) in [4.78, 5) is 12.0. The first-order valence-electron chi connectivity index (χ1n) is 7.95. The van der Waals surface area contributed by atoms with Gasteiger partial charge in [-0.05, 0) is 64.7 Å². The number of benzene rings is 1. The molecule has 0 radical (unpaired) electrons. The molecular formula is C17H25BFNO3. The lowest BCUT2D eigenvalue weighted by molar-refractivity contribution is -0.120. The van der Waals surface area contributed by atoms with Crippen LogP contribution in [0.25, 0.3) is 0 Å². The number of rotatable bonds is 4. The van der Waals surface area contributed by atoms with E-state index >= 15 is 0 Å². The Hall–Kier alpha value is -1.40. The summed E-state index contributed by atoms with van der Waals surface area (Å²) in [7, 11) is -0.683. The molecule has 126 valence electrons. The largest absolute Gasteiger partial charge is 0.495 e. The smallest absolute Gasteiger partial charge is 0.399 e. The molecule has 0 bridgehead atoms. The SMILES string of the molecule is CC(C)NC(=O)Cc1ccc(F)cc1B1OC(C)(C)C(C)(C)O1. The maximum Gasteiger partial charge on any atom is 0.495 e. The van der Waals surface area contributed by atoms with Crippen LogP contribution in [-0.2, 0) is 20.5 Å². The van der Waals surface area contributed by atoms with Gasteiger partial charge in [-0.25, -0.2) is 4.39 Å². The highest BCUT2D eigenvalue weighted by atomic mass is 19.1. The van der Waals surface area contributed by atoms with Crippen molar-refractivity contribution < 1.29 is 18.5 Å². The Morgan fingerprint density at radius 3 is 2.30 bits per heavy atom. The number of nitrogens with one attached hydrogen (secondary N) is 1. The average molecular weight is 321 g/mol. The lowest BCUT2D eigenvalue weighted by Gasteiger charge is -2.32. The van der Waals surface area contributed by atoms with Gasteiger partial charge in [0, 0.05) is 6.04 Å². The second kappa shape index (κ2) is 6.25. The van der Waals surface area contributed by atoms with Crippen LogP contribution >= 0.6 is 0 Å². The van der Waals surface area contributed by atoms with Gasteiger partial charge in [0.1, 0.15) is 5.82 Å². The molecular weight excluding hydrogens is 296 g/mol. The summed E-state index contributed by atoms with van der Waals surface area (Å²) in [5.74, 6) is -0.480. The number of carbonyl (C=O) groups is 1. The van der Waals surface area contributed by atoms with Crippen molar-refractivity contribution in [2.45, 2.75) is 65.2 Å². The molecule has 1 aromatic rings. The number of halogens is 1. The van der Waals surface area contributed by atoms with E-state index in [2.05, 4.69) is 5.32 Å². The molecule has 1 aliphatic rings. The van der Waals surface area contributed by atoms with Crippen LogP contribution < -0.4 is 10.8 Å². The van der Waals surface area contributed by atoms with E-state index in [4.69, 9.17) is 9.31 Å². The fourth-order valence-corrected chi connectivity index (χ4v) is 2.46. The van der Waals surface area contributed by atoms with E-state index in [1.807, 2.05) is 41.5 Å². The van der Waals surface area contributed by atoms with Gasteiger partial charge in [-0.1, -0.05) is 6.07 Å². The van der Waals surface area contributed by atoms with E-state index in [1.54, 1.807) is 6.07 Å². The van der Waals surface area contributed by atoms with Crippen LogP contribution in [0.4, 0.5) is 4.39 Å². The lowest BCUT2D eigenvalue weighted by Crippen LogP contribution is -2.41. The van der Waals surface area contributed by atoms with E-state index in [-0.39, 0.29) is 24.2 Å². The molecule has 1 saturated heterocycles. The lowest BCUT2D eigenvalue weighted by atomic mass is 9.75. The number of hydrogen-bond donors (Lipinski definition) is 1. The highest BCUT2D eigenvalue weighted by molar-refractivity contribution is 6.62. The van der Waals surface area contributed by atoms with Crippen molar-refractivity contribution >= 4 is 18.5 Å². The van der Waals surface area contributed by atoms with Crippen molar-refractivity contribution in [2.75, 3.05) is 0 Å². The second-order valence-corrected chi connectivity index (χ2v) is 7.33. The van der Waals surface area contributed by atoms with Crippen LogP contribution in [0.1, 0.15) is 47.1 Å². The molecule has 4 nitrogen and oxygen atoms in total. The highest BCUT2D eigenvalue weighted by Gasteiger charge is 2.52. The van der Waals surface area contributed by atoms with E-state index in [1.165, 1.54) is 12.1 Å². The van der Waals surface area contributed by atoms with Crippen molar-refractivity contribution in [3.05, 3.63) is 29.6 Å². The maximum atomic E-state index is 13.7. The third-order valence-electron chi connectivity index (χ3n) is 4.42. The number of carbonyl (C=O) groups excluding carboxylic acids is 1. The van der Waals surface area contributed by atoms with Crippen molar-refractivity contribution in [1.82, 2.24) is 5.32 Å². The van der Waals surface area contributed by atoms with Crippen LogP contribution in [0.5, 0.6) is 0 Å². The van der Waals surface area contributed by atoms with Crippen LogP contribution in [-0.4, -0.2) is 30.3 Å². The van der Waals surface area contributed by atoms with Crippen LogP contribution in [0.2, 0.25) is 0 Å². The first-order valence-corrected chi connectivity index (χ1v) is 7.95. The minimum Gasteiger partial charge on any atom is -0.399 e. The monoisotopic (exact) mass is 321 g/mol. The summed E-state index contributed by atoms with van der Waals surface area (Å²) < 4.78 is 25.7. The Labute approximate surface area is 137 Å². The van der Waals surface area contributed by atoms with E-state index in [0.29, 0.717) is 11.0 Å². The predicted molar refractivity (Wildman–Crippen MR) is 89.1 cm³/mol. The first kappa shape index (κ1) is 18.0. The van der Waals surface area contributed by atoms with Gasteiger partial charge in [-0.3, -0.25) is 4.79 Å². The molecule has 2 rings (SSSR count). The fourth-order valence-electron chi connectivity index (χ4n) is 2.46. The van der Waals surface area contributed by atoms with Crippen molar-refractivity contribution in [2.24, 2.45) is 0 Å². The van der Waals surface area contributed by atoms with Gasteiger partial charge < -0.3 is 14.6 Å². The van der Waals surface area contributed by atoms with Crippen LogP contribution in [0, 0.1) is 5.82 Å². The topological polar surface area (TPSA) is 47.6 Å². The standard InChI is InChI=1S/C17H25BFNO3/c1-11(2)20-15(21)9-12-7-8-13(19)10-14(12)18-22-16(3,4)17(5,6)23-18/h7-8,10-11H,9H2,1-6H3,(H,20,21).